The van der Waals surface area contributed by atoms with Crippen LogP contribution in [0.25, 0.3) is 0 Å². The fourth-order valence-corrected chi connectivity index (χ4v) is 2.19. The lowest BCUT2D eigenvalue weighted by atomic mass is 10.1. The van der Waals surface area contributed by atoms with E-state index in [1.54, 1.807) is 0 Å². The van der Waals surface area contributed by atoms with Gasteiger partial charge >= 0.3 is 0 Å². The minimum Gasteiger partial charge on any atom is -0.399 e. The van der Waals surface area contributed by atoms with Gasteiger partial charge in [-0.2, -0.15) is 0 Å². The predicted octanol–water partition coefficient (Wildman–Crippen LogP) is 2.24. The van der Waals surface area contributed by atoms with Crippen LogP contribution in [0.4, 0.5) is 5.69 Å². The van der Waals surface area contributed by atoms with E-state index in [0.717, 1.165) is 30.9 Å². The maximum absolute atomic E-state index is 5.79. The Morgan fingerprint density at radius 1 is 1.41 bits per heavy atom. The van der Waals surface area contributed by atoms with Crippen LogP contribution in [0.1, 0.15) is 30.4 Å². The molecule has 1 aliphatic heterocycles. The summed E-state index contributed by atoms with van der Waals surface area (Å²) in [6.45, 7) is 4.81. The molecule has 1 atom stereocenters. The number of nitrogens with one attached hydrogen (secondary N) is 1. The minimum atomic E-state index is 0.402. The quantitative estimate of drug-likeness (QED) is 0.785. The SMILES string of the molecule is Cc1cc(CNC[C@@H]2CCCCO2)ccc1N. The van der Waals surface area contributed by atoms with Gasteiger partial charge < -0.3 is 15.8 Å². The van der Waals surface area contributed by atoms with Gasteiger partial charge in [0.25, 0.3) is 0 Å². The lowest BCUT2D eigenvalue weighted by Crippen LogP contribution is -2.31. The first-order valence-electron chi connectivity index (χ1n) is 6.43. The number of ether oxygens (including phenoxy) is 1. The third kappa shape index (κ3) is 3.72. The molecular weight excluding hydrogens is 212 g/mol. The third-order valence-electron chi connectivity index (χ3n) is 3.31. The molecule has 1 aromatic carbocycles. The molecular formula is C14H22N2O. The molecule has 17 heavy (non-hydrogen) atoms. The van der Waals surface area contributed by atoms with E-state index >= 15 is 0 Å². The van der Waals surface area contributed by atoms with Crippen LogP contribution in [0.15, 0.2) is 18.2 Å². The highest BCUT2D eigenvalue weighted by molar-refractivity contribution is 5.47. The summed E-state index contributed by atoms with van der Waals surface area (Å²) in [6.07, 6.45) is 4.10. The normalized spacial score (nSPS) is 20.4. The first-order chi connectivity index (χ1) is 8.25. The van der Waals surface area contributed by atoms with Gasteiger partial charge in [-0.15, -0.1) is 0 Å². The van der Waals surface area contributed by atoms with Crippen molar-refractivity contribution >= 4 is 5.69 Å². The summed E-state index contributed by atoms with van der Waals surface area (Å²) in [5.41, 5.74) is 9.09. The number of aryl methyl sites for hydroxylation is 1. The van der Waals surface area contributed by atoms with Crippen molar-refractivity contribution in [3.8, 4) is 0 Å². The monoisotopic (exact) mass is 234 g/mol. The number of nitrogens with two attached hydrogens (primary N) is 1. The zero-order chi connectivity index (χ0) is 12.1. The summed E-state index contributed by atoms with van der Waals surface area (Å²) in [4.78, 5) is 0. The molecule has 0 radical (unpaired) electrons. The Labute approximate surface area is 103 Å². The van der Waals surface area contributed by atoms with Gasteiger partial charge in [0, 0.05) is 25.4 Å². The van der Waals surface area contributed by atoms with E-state index in [1.807, 2.05) is 13.0 Å². The van der Waals surface area contributed by atoms with Gasteiger partial charge in [-0.25, -0.2) is 0 Å². The van der Waals surface area contributed by atoms with E-state index in [0.29, 0.717) is 6.10 Å². The smallest absolute Gasteiger partial charge is 0.0699 e. The molecule has 0 amide bonds. The lowest BCUT2D eigenvalue weighted by Gasteiger charge is -2.22. The number of nitrogen functional groups attached to an aromatic ring is 1. The summed E-state index contributed by atoms with van der Waals surface area (Å²) in [6, 6.07) is 6.20. The van der Waals surface area contributed by atoms with E-state index in [-0.39, 0.29) is 0 Å². The van der Waals surface area contributed by atoms with Crippen molar-refractivity contribution < 1.29 is 4.74 Å². The van der Waals surface area contributed by atoms with E-state index in [9.17, 15) is 0 Å². The Morgan fingerprint density at radius 3 is 3.00 bits per heavy atom. The van der Waals surface area contributed by atoms with Crippen LogP contribution >= 0.6 is 0 Å². The van der Waals surface area contributed by atoms with Gasteiger partial charge in [-0.1, -0.05) is 12.1 Å². The molecule has 1 heterocycles. The maximum Gasteiger partial charge on any atom is 0.0699 e. The van der Waals surface area contributed by atoms with Crippen molar-refractivity contribution in [2.24, 2.45) is 0 Å². The number of rotatable bonds is 4. The fraction of sp³-hybridized carbons (Fsp3) is 0.571. The van der Waals surface area contributed by atoms with Crippen LogP contribution in [0.5, 0.6) is 0 Å². The van der Waals surface area contributed by atoms with Crippen molar-refractivity contribution in [1.82, 2.24) is 5.32 Å². The maximum atomic E-state index is 5.79. The number of anilines is 1. The van der Waals surface area contributed by atoms with Gasteiger partial charge in [0.15, 0.2) is 0 Å². The number of hydrogen-bond acceptors (Lipinski definition) is 3. The topological polar surface area (TPSA) is 47.3 Å². The fourth-order valence-electron chi connectivity index (χ4n) is 2.19. The van der Waals surface area contributed by atoms with Gasteiger partial charge in [-0.05, 0) is 43.4 Å². The Morgan fingerprint density at radius 2 is 2.29 bits per heavy atom. The lowest BCUT2D eigenvalue weighted by molar-refractivity contribution is 0.0168. The molecule has 0 aliphatic carbocycles. The summed E-state index contributed by atoms with van der Waals surface area (Å²) < 4.78 is 5.68. The molecule has 3 N–H and O–H groups in total. The molecule has 2 rings (SSSR count). The van der Waals surface area contributed by atoms with Crippen molar-refractivity contribution in [3.63, 3.8) is 0 Å². The molecule has 1 fully saturated rings. The van der Waals surface area contributed by atoms with Crippen molar-refractivity contribution in [3.05, 3.63) is 29.3 Å². The Hall–Kier alpha value is -1.06. The first kappa shape index (κ1) is 12.4. The molecule has 0 bridgehead atoms. The molecule has 1 aliphatic rings. The van der Waals surface area contributed by atoms with Crippen LogP contribution in [0, 0.1) is 6.92 Å². The highest BCUT2D eigenvalue weighted by atomic mass is 16.5. The standard InChI is InChI=1S/C14H22N2O/c1-11-8-12(5-6-14(11)15)9-16-10-13-4-2-3-7-17-13/h5-6,8,13,16H,2-4,7,9-10,15H2,1H3/t13-/m0/s1. The first-order valence-corrected chi connectivity index (χ1v) is 6.43. The average Bonchev–Trinajstić information content (AvgIpc) is 2.35. The highest BCUT2D eigenvalue weighted by Crippen LogP contribution is 2.14. The highest BCUT2D eigenvalue weighted by Gasteiger charge is 2.12. The Balaban J connectivity index is 1.75. The summed E-state index contributed by atoms with van der Waals surface area (Å²) in [5, 5.41) is 3.45. The van der Waals surface area contributed by atoms with Crippen molar-refractivity contribution in [1.29, 1.82) is 0 Å². The summed E-state index contributed by atoms with van der Waals surface area (Å²) in [5.74, 6) is 0. The molecule has 3 nitrogen and oxygen atoms in total. The van der Waals surface area contributed by atoms with E-state index < -0.39 is 0 Å². The molecule has 3 heteroatoms. The van der Waals surface area contributed by atoms with Crippen LogP contribution in [-0.4, -0.2) is 19.3 Å². The average molecular weight is 234 g/mol. The second-order valence-electron chi connectivity index (χ2n) is 4.81. The van der Waals surface area contributed by atoms with Gasteiger partial charge in [0.2, 0.25) is 0 Å². The molecule has 0 saturated carbocycles. The Kier molecular flexibility index (Phi) is 4.40. The van der Waals surface area contributed by atoms with Crippen LogP contribution in [0.2, 0.25) is 0 Å². The Bertz CT molecular complexity index is 359. The molecule has 94 valence electrons. The van der Waals surface area contributed by atoms with Crippen LogP contribution in [-0.2, 0) is 11.3 Å². The van der Waals surface area contributed by atoms with E-state index in [1.165, 1.54) is 24.8 Å². The van der Waals surface area contributed by atoms with Gasteiger partial charge in [-0.3, -0.25) is 0 Å². The molecule has 0 aromatic heterocycles. The minimum absolute atomic E-state index is 0.402. The zero-order valence-electron chi connectivity index (χ0n) is 10.5. The van der Waals surface area contributed by atoms with E-state index in [4.69, 9.17) is 10.5 Å². The van der Waals surface area contributed by atoms with E-state index in [2.05, 4.69) is 17.4 Å². The molecule has 0 unspecified atom stereocenters. The number of benzene rings is 1. The van der Waals surface area contributed by atoms with Crippen molar-refractivity contribution in [2.45, 2.75) is 38.8 Å². The van der Waals surface area contributed by atoms with Gasteiger partial charge in [0.05, 0.1) is 6.10 Å². The molecule has 1 saturated heterocycles. The van der Waals surface area contributed by atoms with Gasteiger partial charge in [0.1, 0.15) is 0 Å². The van der Waals surface area contributed by atoms with Crippen molar-refractivity contribution in [2.75, 3.05) is 18.9 Å². The third-order valence-corrected chi connectivity index (χ3v) is 3.31. The largest absolute Gasteiger partial charge is 0.399 e. The zero-order valence-corrected chi connectivity index (χ0v) is 10.5. The number of hydrogen-bond donors (Lipinski definition) is 2. The predicted molar refractivity (Wildman–Crippen MR) is 70.9 cm³/mol. The van der Waals surface area contributed by atoms with Crippen LogP contribution < -0.4 is 11.1 Å². The van der Waals surface area contributed by atoms with Crippen LogP contribution in [0.3, 0.4) is 0 Å². The molecule has 0 spiro atoms. The second-order valence-corrected chi connectivity index (χ2v) is 4.81. The molecule has 1 aromatic rings. The summed E-state index contributed by atoms with van der Waals surface area (Å²) >= 11 is 0. The summed E-state index contributed by atoms with van der Waals surface area (Å²) in [7, 11) is 0. The second kappa shape index (κ2) is 6.03.